The van der Waals surface area contributed by atoms with E-state index >= 15 is 0 Å². The molecule has 0 saturated carbocycles. The third kappa shape index (κ3) is 4.25. The van der Waals surface area contributed by atoms with E-state index in [1.807, 2.05) is 38.1 Å². The number of aryl methyl sites for hydroxylation is 1. The summed E-state index contributed by atoms with van der Waals surface area (Å²) in [7, 11) is 0. The van der Waals surface area contributed by atoms with Crippen LogP contribution in [0, 0.1) is 18.6 Å². The second-order valence-electron chi connectivity index (χ2n) is 5.94. The van der Waals surface area contributed by atoms with Crippen LogP contribution in [0.5, 0.6) is 0 Å². The molecule has 1 heterocycles. The van der Waals surface area contributed by atoms with Gasteiger partial charge in [-0.1, -0.05) is 12.1 Å². The summed E-state index contributed by atoms with van der Waals surface area (Å²) in [5.41, 5.74) is 2.49. The van der Waals surface area contributed by atoms with Crippen molar-refractivity contribution in [2.45, 2.75) is 13.8 Å². The Morgan fingerprint density at radius 3 is 2.44 bits per heavy atom. The molecule has 2 aromatic carbocycles. The molecular formula is C20H18F2N4O. The zero-order valence-electron chi connectivity index (χ0n) is 14.9. The maximum atomic E-state index is 13.3. The first-order chi connectivity index (χ1) is 13.0. The highest BCUT2D eigenvalue weighted by molar-refractivity contribution is 6.05. The van der Waals surface area contributed by atoms with Gasteiger partial charge in [-0.05, 0) is 43.7 Å². The van der Waals surface area contributed by atoms with Gasteiger partial charge in [0.05, 0.1) is 5.56 Å². The van der Waals surface area contributed by atoms with Crippen LogP contribution in [0.15, 0.2) is 54.9 Å². The molecule has 0 saturated heterocycles. The third-order valence-electron chi connectivity index (χ3n) is 3.95. The van der Waals surface area contributed by atoms with Gasteiger partial charge in [-0.25, -0.2) is 18.7 Å². The minimum absolute atomic E-state index is 0.177. The first-order valence-corrected chi connectivity index (χ1v) is 8.40. The fraction of sp³-hybridized carbons (Fsp3) is 0.150. The molecule has 0 unspecified atom stereocenters. The zero-order valence-corrected chi connectivity index (χ0v) is 14.9. The van der Waals surface area contributed by atoms with Crippen molar-refractivity contribution in [3.05, 3.63) is 77.6 Å². The van der Waals surface area contributed by atoms with Gasteiger partial charge in [-0.15, -0.1) is 0 Å². The lowest BCUT2D eigenvalue weighted by molar-refractivity contribution is 0.0987. The number of aromatic nitrogens is 2. The quantitative estimate of drug-likeness (QED) is 0.722. The van der Waals surface area contributed by atoms with E-state index in [9.17, 15) is 13.6 Å². The number of anilines is 3. The number of nitrogens with one attached hydrogen (secondary N) is 1. The Kier molecular flexibility index (Phi) is 5.40. The number of nitrogens with zero attached hydrogens (tertiary/aromatic N) is 3. The van der Waals surface area contributed by atoms with Gasteiger partial charge in [0.15, 0.2) is 11.6 Å². The third-order valence-corrected chi connectivity index (χ3v) is 3.95. The van der Waals surface area contributed by atoms with Crippen LogP contribution in [0.3, 0.4) is 0 Å². The second kappa shape index (κ2) is 7.90. The molecule has 0 radical (unpaired) electrons. The summed E-state index contributed by atoms with van der Waals surface area (Å²) in [4.78, 5) is 22.6. The first-order valence-electron chi connectivity index (χ1n) is 8.40. The second-order valence-corrected chi connectivity index (χ2v) is 5.94. The maximum Gasteiger partial charge on any atom is 0.261 e. The van der Waals surface area contributed by atoms with Crippen LogP contribution in [0.2, 0.25) is 0 Å². The summed E-state index contributed by atoms with van der Waals surface area (Å²) in [6.07, 6.45) is 2.80. The van der Waals surface area contributed by atoms with Gasteiger partial charge in [0, 0.05) is 36.4 Å². The van der Waals surface area contributed by atoms with Gasteiger partial charge < -0.3 is 10.2 Å². The van der Waals surface area contributed by atoms with Crippen LogP contribution in [0.4, 0.5) is 26.1 Å². The van der Waals surface area contributed by atoms with E-state index in [2.05, 4.69) is 15.3 Å². The maximum absolute atomic E-state index is 13.3. The van der Waals surface area contributed by atoms with E-state index in [-0.39, 0.29) is 11.9 Å². The van der Waals surface area contributed by atoms with Crippen LogP contribution in [0.25, 0.3) is 0 Å². The highest BCUT2D eigenvalue weighted by Crippen LogP contribution is 2.19. The molecule has 0 fully saturated rings. The molecule has 0 atom stereocenters. The van der Waals surface area contributed by atoms with Gasteiger partial charge >= 0.3 is 0 Å². The average molecular weight is 368 g/mol. The molecule has 5 nitrogen and oxygen atoms in total. The minimum Gasteiger partial charge on any atom is -0.324 e. The average Bonchev–Trinajstić information content (AvgIpc) is 2.66. The summed E-state index contributed by atoms with van der Waals surface area (Å²) in [6, 6.07) is 11.0. The summed E-state index contributed by atoms with van der Waals surface area (Å²) in [5.74, 6) is -1.94. The Morgan fingerprint density at radius 2 is 1.81 bits per heavy atom. The fourth-order valence-corrected chi connectivity index (χ4v) is 2.60. The highest BCUT2D eigenvalue weighted by Gasteiger charge is 2.17. The van der Waals surface area contributed by atoms with Crippen LogP contribution >= 0.6 is 0 Å². The van der Waals surface area contributed by atoms with E-state index < -0.39 is 11.6 Å². The van der Waals surface area contributed by atoms with Crippen molar-refractivity contribution >= 4 is 23.2 Å². The molecule has 7 heteroatoms. The number of carbonyl (C=O) groups excluding carboxylic acids is 1. The van der Waals surface area contributed by atoms with Crippen molar-refractivity contribution in [1.29, 1.82) is 0 Å². The number of benzene rings is 2. The van der Waals surface area contributed by atoms with Crippen LogP contribution < -0.4 is 10.2 Å². The largest absolute Gasteiger partial charge is 0.324 e. The molecule has 1 N–H and O–H groups in total. The molecule has 0 spiro atoms. The van der Waals surface area contributed by atoms with Crippen molar-refractivity contribution in [1.82, 2.24) is 9.97 Å². The summed E-state index contributed by atoms with van der Waals surface area (Å²) in [5, 5.41) is 2.77. The SMILES string of the molecule is CCN(C(=O)c1cnc(Nc2ccc(F)c(F)c2)nc1)c1cccc(C)c1. The van der Waals surface area contributed by atoms with Crippen molar-refractivity contribution in [3.63, 3.8) is 0 Å². The van der Waals surface area contributed by atoms with E-state index in [1.165, 1.54) is 18.5 Å². The topological polar surface area (TPSA) is 58.1 Å². The smallest absolute Gasteiger partial charge is 0.261 e. The van der Waals surface area contributed by atoms with Gasteiger partial charge in [0.2, 0.25) is 5.95 Å². The molecule has 3 aromatic rings. The predicted octanol–water partition coefficient (Wildman–Crippen LogP) is 4.47. The number of hydrogen-bond donors (Lipinski definition) is 1. The van der Waals surface area contributed by atoms with E-state index in [0.717, 1.165) is 23.4 Å². The van der Waals surface area contributed by atoms with Gasteiger partial charge in [-0.3, -0.25) is 4.79 Å². The highest BCUT2D eigenvalue weighted by atomic mass is 19.2. The van der Waals surface area contributed by atoms with Gasteiger partial charge in [-0.2, -0.15) is 0 Å². The Bertz CT molecular complexity index is 960. The lowest BCUT2D eigenvalue weighted by atomic mass is 10.2. The molecule has 27 heavy (non-hydrogen) atoms. The summed E-state index contributed by atoms with van der Waals surface area (Å²) in [6.45, 7) is 4.35. The van der Waals surface area contributed by atoms with Crippen molar-refractivity contribution < 1.29 is 13.6 Å². The molecule has 138 valence electrons. The Hall–Kier alpha value is -3.35. The lowest BCUT2D eigenvalue weighted by Gasteiger charge is -2.21. The minimum atomic E-state index is -0.969. The van der Waals surface area contributed by atoms with Crippen LogP contribution in [0.1, 0.15) is 22.8 Å². The van der Waals surface area contributed by atoms with E-state index in [0.29, 0.717) is 17.8 Å². The van der Waals surface area contributed by atoms with Crippen molar-refractivity contribution in [2.24, 2.45) is 0 Å². The Balaban J connectivity index is 1.77. The van der Waals surface area contributed by atoms with Gasteiger partial charge in [0.1, 0.15) is 0 Å². The molecule has 0 bridgehead atoms. The Labute approximate surface area is 155 Å². The van der Waals surface area contributed by atoms with Gasteiger partial charge in [0.25, 0.3) is 5.91 Å². The number of carbonyl (C=O) groups is 1. The number of hydrogen-bond acceptors (Lipinski definition) is 4. The summed E-state index contributed by atoms with van der Waals surface area (Å²) < 4.78 is 26.2. The first kappa shape index (κ1) is 18.4. The summed E-state index contributed by atoms with van der Waals surface area (Å²) >= 11 is 0. The molecular weight excluding hydrogens is 350 g/mol. The standard InChI is InChI=1S/C20H18F2N4O/c1-3-26(16-6-4-5-13(2)9-16)19(27)14-11-23-20(24-12-14)25-15-7-8-17(21)18(22)10-15/h4-12H,3H2,1-2H3,(H,23,24,25). The Morgan fingerprint density at radius 1 is 1.07 bits per heavy atom. The molecule has 3 rings (SSSR count). The molecule has 0 aliphatic rings. The monoisotopic (exact) mass is 368 g/mol. The molecule has 0 aliphatic heterocycles. The van der Waals surface area contributed by atoms with E-state index in [4.69, 9.17) is 0 Å². The number of halogens is 2. The number of rotatable bonds is 5. The molecule has 1 aromatic heterocycles. The van der Waals surface area contributed by atoms with Crippen molar-refractivity contribution in [3.8, 4) is 0 Å². The predicted molar refractivity (Wildman–Crippen MR) is 100 cm³/mol. The molecule has 1 amide bonds. The van der Waals surface area contributed by atoms with Crippen LogP contribution in [-0.2, 0) is 0 Å². The van der Waals surface area contributed by atoms with Crippen LogP contribution in [-0.4, -0.2) is 22.4 Å². The van der Waals surface area contributed by atoms with Crippen molar-refractivity contribution in [2.75, 3.05) is 16.8 Å². The number of amides is 1. The zero-order chi connectivity index (χ0) is 19.4. The fourth-order valence-electron chi connectivity index (χ4n) is 2.60. The normalized spacial score (nSPS) is 10.5. The van der Waals surface area contributed by atoms with E-state index in [1.54, 1.807) is 4.90 Å². The lowest BCUT2D eigenvalue weighted by Crippen LogP contribution is -2.30. The molecule has 0 aliphatic carbocycles.